The Balaban J connectivity index is 1.42. The van der Waals surface area contributed by atoms with Gasteiger partial charge >= 0.3 is 6.18 Å². The standard InChI is InChI=1S/C25H22F3N5O2/c1-14-7-8-17(23-29-9-4-10-30-23)22(31-14)24(34)33-12-19-15(2)18(19)11-16(33)13-35-21-6-3-5-20(32-21)25(26,27)28/h3-10,16,18-19H,2,11-13H2,1H3/t16?,18-,19+/m0/s1. The summed E-state index contributed by atoms with van der Waals surface area (Å²) in [5.41, 5.74) is 1.45. The Morgan fingerprint density at radius 2 is 1.89 bits per heavy atom. The van der Waals surface area contributed by atoms with Crippen LogP contribution in [-0.4, -0.2) is 49.9 Å². The molecule has 4 heterocycles. The Kier molecular flexibility index (Phi) is 5.74. The molecule has 1 aliphatic carbocycles. The van der Waals surface area contributed by atoms with Crippen molar-refractivity contribution in [3.63, 3.8) is 0 Å². The fraction of sp³-hybridized carbons (Fsp3) is 0.320. The highest BCUT2D eigenvalue weighted by Gasteiger charge is 2.51. The van der Waals surface area contributed by atoms with Crippen LogP contribution in [0.25, 0.3) is 11.4 Å². The van der Waals surface area contributed by atoms with Crippen LogP contribution < -0.4 is 4.74 Å². The smallest absolute Gasteiger partial charge is 0.433 e. The van der Waals surface area contributed by atoms with Crippen LogP contribution in [0.4, 0.5) is 13.2 Å². The van der Waals surface area contributed by atoms with Gasteiger partial charge in [-0.05, 0) is 43.5 Å². The van der Waals surface area contributed by atoms with Crippen molar-refractivity contribution < 1.29 is 22.7 Å². The lowest BCUT2D eigenvalue weighted by atomic mass is 10.0. The molecule has 35 heavy (non-hydrogen) atoms. The quantitative estimate of drug-likeness (QED) is 0.504. The lowest BCUT2D eigenvalue weighted by Gasteiger charge is -2.35. The number of nitrogens with zero attached hydrogens (tertiary/aromatic N) is 5. The molecule has 0 spiro atoms. The van der Waals surface area contributed by atoms with E-state index in [2.05, 4.69) is 26.5 Å². The van der Waals surface area contributed by atoms with Gasteiger partial charge in [-0.3, -0.25) is 4.79 Å². The number of aryl methyl sites for hydroxylation is 1. The number of alkyl halides is 3. The molecule has 1 amide bonds. The molecule has 1 aliphatic heterocycles. The summed E-state index contributed by atoms with van der Waals surface area (Å²) >= 11 is 0. The summed E-state index contributed by atoms with van der Waals surface area (Å²) in [6.45, 7) is 6.33. The van der Waals surface area contributed by atoms with E-state index < -0.39 is 11.9 Å². The zero-order valence-corrected chi connectivity index (χ0v) is 18.9. The molecule has 10 heteroatoms. The molecule has 0 bridgehead atoms. The highest BCUT2D eigenvalue weighted by molar-refractivity contribution is 5.98. The van der Waals surface area contributed by atoms with Gasteiger partial charge in [0, 0.05) is 36.6 Å². The topological polar surface area (TPSA) is 81.1 Å². The highest BCUT2D eigenvalue weighted by Crippen LogP contribution is 2.52. The van der Waals surface area contributed by atoms with Gasteiger partial charge in [-0.2, -0.15) is 13.2 Å². The lowest BCUT2D eigenvalue weighted by molar-refractivity contribution is -0.141. The van der Waals surface area contributed by atoms with Gasteiger partial charge in [-0.25, -0.2) is 19.9 Å². The molecule has 1 unspecified atom stereocenters. The van der Waals surface area contributed by atoms with Crippen LogP contribution in [0.15, 0.2) is 60.9 Å². The summed E-state index contributed by atoms with van der Waals surface area (Å²) in [4.78, 5) is 32.1. The van der Waals surface area contributed by atoms with E-state index in [0.29, 0.717) is 30.0 Å². The minimum absolute atomic E-state index is 0.000460. The molecule has 1 saturated heterocycles. The second-order valence-electron chi connectivity index (χ2n) is 8.73. The van der Waals surface area contributed by atoms with Crippen LogP contribution in [0.1, 0.15) is 28.3 Å². The van der Waals surface area contributed by atoms with Crippen LogP contribution in [0.5, 0.6) is 5.88 Å². The summed E-state index contributed by atoms with van der Waals surface area (Å²) in [6.07, 6.45) is -0.779. The minimum atomic E-state index is -4.57. The van der Waals surface area contributed by atoms with Crippen molar-refractivity contribution in [2.75, 3.05) is 13.2 Å². The molecular formula is C25H22F3N5O2. The molecule has 2 fully saturated rings. The van der Waals surface area contributed by atoms with Gasteiger partial charge < -0.3 is 9.64 Å². The summed E-state index contributed by atoms with van der Waals surface area (Å²) < 4.78 is 44.8. The van der Waals surface area contributed by atoms with Crippen LogP contribution in [0, 0.1) is 18.8 Å². The maximum atomic E-state index is 13.8. The summed E-state index contributed by atoms with van der Waals surface area (Å²) in [5, 5.41) is 0. The van der Waals surface area contributed by atoms with E-state index >= 15 is 0 Å². The Morgan fingerprint density at radius 1 is 1.11 bits per heavy atom. The number of halogens is 3. The summed E-state index contributed by atoms with van der Waals surface area (Å²) in [7, 11) is 0. The largest absolute Gasteiger partial charge is 0.475 e. The van der Waals surface area contributed by atoms with Crippen LogP contribution in [0.2, 0.25) is 0 Å². The first kappa shape index (κ1) is 22.9. The average Bonchev–Trinajstić information content (AvgIpc) is 3.49. The fourth-order valence-corrected chi connectivity index (χ4v) is 4.50. The molecule has 2 aliphatic rings. The number of carbonyl (C=O) groups is 1. The Bertz CT molecular complexity index is 1280. The molecule has 0 radical (unpaired) electrons. The minimum Gasteiger partial charge on any atom is -0.475 e. The van der Waals surface area contributed by atoms with E-state index in [1.807, 2.05) is 0 Å². The van der Waals surface area contributed by atoms with Crippen molar-refractivity contribution in [3.8, 4) is 17.3 Å². The number of likely N-dealkylation sites (tertiary alicyclic amines) is 1. The van der Waals surface area contributed by atoms with Crippen LogP contribution >= 0.6 is 0 Å². The average molecular weight is 481 g/mol. The van der Waals surface area contributed by atoms with Gasteiger partial charge in [-0.1, -0.05) is 18.2 Å². The number of carbonyl (C=O) groups excluding carboxylic acids is 1. The number of piperidine rings is 1. The first-order chi connectivity index (χ1) is 16.7. The second-order valence-corrected chi connectivity index (χ2v) is 8.73. The molecule has 5 rings (SSSR count). The van der Waals surface area contributed by atoms with Gasteiger partial charge in [0.1, 0.15) is 18.0 Å². The van der Waals surface area contributed by atoms with Gasteiger partial charge in [0.05, 0.1) is 11.6 Å². The Hall–Kier alpha value is -3.82. The molecule has 3 aromatic heterocycles. The lowest BCUT2D eigenvalue weighted by Crippen LogP contribution is -2.48. The number of ether oxygens (including phenoxy) is 1. The molecular weight excluding hydrogens is 459 g/mol. The van der Waals surface area contributed by atoms with E-state index in [-0.39, 0.29) is 42.0 Å². The number of amides is 1. The summed E-state index contributed by atoms with van der Waals surface area (Å²) in [6, 6.07) is 8.37. The van der Waals surface area contributed by atoms with Gasteiger partial charge in [0.25, 0.3) is 5.91 Å². The number of hydrogen-bond donors (Lipinski definition) is 0. The van der Waals surface area contributed by atoms with E-state index in [0.717, 1.165) is 11.6 Å². The third-order valence-electron chi connectivity index (χ3n) is 6.43. The van der Waals surface area contributed by atoms with Gasteiger partial charge in [-0.15, -0.1) is 0 Å². The zero-order valence-electron chi connectivity index (χ0n) is 18.9. The van der Waals surface area contributed by atoms with Crippen molar-refractivity contribution in [2.24, 2.45) is 11.8 Å². The molecule has 1 saturated carbocycles. The molecule has 3 atom stereocenters. The number of aromatic nitrogens is 4. The maximum Gasteiger partial charge on any atom is 0.433 e. The second kappa shape index (κ2) is 8.75. The first-order valence-corrected chi connectivity index (χ1v) is 11.1. The zero-order chi connectivity index (χ0) is 24.7. The molecule has 0 aromatic carbocycles. The first-order valence-electron chi connectivity index (χ1n) is 11.1. The predicted octanol–water partition coefficient (Wildman–Crippen LogP) is 4.36. The van der Waals surface area contributed by atoms with Crippen LogP contribution in [0.3, 0.4) is 0 Å². The maximum absolute atomic E-state index is 13.8. The van der Waals surface area contributed by atoms with E-state index in [1.165, 1.54) is 12.1 Å². The van der Waals surface area contributed by atoms with Crippen molar-refractivity contribution in [1.29, 1.82) is 0 Å². The van der Waals surface area contributed by atoms with Gasteiger partial charge in [0.2, 0.25) is 5.88 Å². The SMILES string of the molecule is C=C1[C@H]2CN(C(=O)c3nc(C)ccc3-c3ncccn3)C(COc3cccc(C(F)(F)F)n3)C[C@@H]12. The Morgan fingerprint density at radius 3 is 2.63 bits per heavy atom. The number of rotatable bonds is 5. The number of hydrogen-bond acceptors (Lipinski definition) is 6. The number of pyridine rings is 2. The van der Waals surface area contributed by atoms with E-state index in [1.54, 1.807) is 42.4 Å². The predicted molar refractivity (Wildman–Crippen MR) is 120 cm³/mol. The molecule has 0 N–H and O–H groups in total. The number of fused-ring (bicyclic) bond motifs is 1. The third-order valence-corrected chi connectivity index (χ3v) is 6.43. The fourth-order valence-electron chi connectivity index (χ4n) is 4.50. The van der Waals surface area contributed by atoms with Crippen molar-refractivity contribution in [1.82, 2.24) is 24.8 Å². The van der Waals surface area contributed by atoms with Crippen molar-refractivity contribution >= 4 is 5.91 Å². The molecule has 7 nitrogen and oxygen atoms in total. The van der Waals surface area contributed by atoms with E-state index in [4.69, 9.17) is 4.74 Å². The van der Waals surface area contributed by atoms with Crippen LogP contribution in [-0.2, 0) is 6.18 Å². The Labute approximate surface area is 199 Å². The normalized spacial score (nSPS) is 21.4. The monoisotopic (exact) mass is 481 g/mol. The van der Waals surface area contributed by atoms with Crippen molar-refractivity contribution in [3.05, 3.63) is 78.0 Å². The summed E-state index contributed by atoms with van der Waals surface area (Å²) in [5.74, 6) is 0.401. The van der Waals surface area contributed by atoms with Crippen molar-refractivity contribution in [2.45, 2.75) is 25.6 Å². The molecule has 3 aromatic rings. The highest BCUT2D eigenvalue weighted by atomic mass is 19.4. The van der Waals surface area contributed by atoms with Gasteiger partial charge in [0.15, 0.2) is 5.82 Å². The third kappa shape index (κ3) is 4.60. The molecule has 180 valence electrons. The van der Waals surface area contributed by atoms with E-state index in [9.17, 15) is 18.0 Å².